The average molecular weight is 494 g/mol. The van der Waals surface area contributed by atoms with Crippen molar-refractivity contribution < 1.29 is 9.53 Å². The fourth-order valence-corrected chi connectivity index (χ4v) is 7.96. The summed E-state index contributed by atoms with van der Waals surface area (Å²) in [5, 5.41) is 1.10. The van der Waals surface area contributed by atoms with E-state index in [4.69, 9.17) is 9.72 Å². The molecule has 0 atom stereocenters. The maximum atomic E-state index is 12.9. The second-order valence-corrected chi connectivity index (χ2v) is 11.9. The number of hydrogen-bond acceptors (Lipinski definition) is 7. The number of hydrogen-bond donors (Lipinski definition) is 0. The van der Waals surface area contributed by atoms with E-state index in [2.05, 4.69) is 11.1 Å². The van der Waals surface area contributed by atoms with Crippen molar-refractivity contribution >= 4 is 43.8 Å². The molecule has 0 amide bonds. The van der Waals surface area contributed by atoms with Crippen molar-refractivity contribution in [2.24, 2.45) is 5.41 Å². The van der Waals surface area contributed by atoms with E-state index in [9.17, 15) is 9.59 Å². The van der Waals surface area contributed by atoms with E-state index in [-0.39, 0.29) is 23.6 Å². The molecule has 0 bridgehead atoms. The lowest BCUT2D eigenvalue weighted by atomic mass is 9.80. The molecule has 0 radical (unpaired) electrons. The van der Waals surface area contributed by atoms with E-state index >= 15 is 0 Å². The summed E-state index contributed by atoms with van der Waals surface area (Å²) in [7, 11) is 0. The molecule has 1 saturated carbocycles. The first-order valence-electron chi connectivity index (χ1n) is 12.1. The van der Waals surface area contributed by atoms with Crippen LogP contribution < -0.4 is 5.56 Å². The molecule has 0 spiro atoms. The Balaban J connectivity index is 1.15. The van der Waals surface area contributed by atoms with Gasteiger partial charge in [0.05, 0.1) is 27.3 Å². The molecule has 6 nitrogen and oxygen atoms in total. The molecule has 0 aliphatic heterocycles. The Morgan fingerprint density at radius 3 is 2.74 bits per heavy atom. The molecule has 1 aromatic carbocycles. The molecular weight excluding hydrogens is 466 g/mol. The number of thiazole rings is 2. The summed E-state index contributed by atoms with van der Waals surface area (Å²) in [6.45, 7) is 0.0460. The third-order valence-corrected chi connectivity index (χ3v) is 9.42. The minimum atomic E-state index is -0.213. The van der Waals surface area contributed by atoms with Crippen LogP contribution in [0.4, 0.5) is 0 Å². The van der Waals surface area contributed by atoms with E-state index in [1.807, 2.05) is 18.2 Å². The molecule has 3 aromatic heterocycles. The molecule has 0 unspecified atom stereocenters. The summed E-state index contributed by atoms with van der Waals surface area (Å²) < 4.78 is 8.59. The third kappa shape index (κ3) is 4.18. The fourth-order valence-electron chi connectivity index (χ4n) is 5.58. The average Bonchev–Trinajstić information content (AvgIpc) is 3.54. The number of rotatable bonds is 6. The van der Waals surface area contributed by atoms with E-state index < -0.39 is 0 Å². The second-order valence-electron chi connectivity index (χ2n) is 9.68. The number of carbonyl (C=O) groups excluding carboxylic acids is 1. The molecule has 2 aliphatic rings. The largest absolute Gasteiger partial charge is 0.459 e. The van der Waals surface area contributed by atoms with Gasteiger partial charge in [-0.15, -0.1) is 22.7 Å². The highest BCUT2D eigenvalue weighted by Gasteiger charge is 2.37. The lowest BCUT2D eigenvalue weighted by Gasteiger charge is -2.26. The lowest BCUT2D eigenvalue weighted by Crippen LogP contribution is -2.25. The molecule has 2 aliphatic carbocycles. The topological polar surface area (TPSA) is 73.6 Å². The highest BCUT2D eigenvalue weighted by atomic mass is 32.1. The summed E-state index contributed by atoms with van der Waals surface area (Å²) in [5.74, 6) is -0.213. The first kappa shape index (κ1) is 21.9. The summed E-state index contributed by atoms with van der Waals surface area (Å²) in [5.41, 5.74) is 2.52. The predicted molar refractivity (Wildman–Crippen MR) is 135 cm³/mol. The maximum absolute atomic E-state index is 12.9. The fraction of sp³-hybridized carbons (Fsp3) is 0.462. The van der Waals surface area contributed by atoms with Crippen LogP contribution in [0.1, 0.15) is 66.2 Å². The molecular formula is C26H27N3O3S2. The van der Waals surface area contributed by atoms with Crippen LogP contribution in [-0.4, -0.2) is 20.3 Å². The molecule has 176 valence electrons. The zero-order valence-electron chi connectivity index (χ0n) is 19.0. The molecule has 1 fully saturated rings. The van der Waals surface area contributed by atoms with Crippen molar-refractivity contribution in [1.29, 1.82) is 0 Å². The van der Waals surface area contributed by atoms with Crippen molar-refractivity contribution in [2.45, 2.75) is 70.8 Å². The van der Waals surface area contributed by atoms with E-state index in [1.54, 1.807) is 27.1 Å². The van der Waals surface area contributed by atoms with Crippen LogP contribution >= 0.6 is 22.7 Å². The van der Waals surface area contributed by atoms with Crippen LogP contribution in [0.2, 0.25) is 0 Å². The molecule has 0 N–H and O–H groups in total. The van der Waals surface area contributed by atoms with Crippen LogP contribution in [0, 0.1) is 5.41 Å². The number of aromatic nitrogens is 3. The van der Waals surface area contributed by atoms with Crippen LogP contribution in [0.3, 0.4) is 0 Å². The van der Waals surface area contributed by atoms with Crippen molar-refractivity contribution in [3.8, 4) is 0 Å². The quantitative estimate of drug-likeness (QED) is 0.333. The van der Waals surface area contributed by atoms with E-state index in [0.29, 0.717) is 17.1 Å². The third-order valence-electron chi connectivity index (χ3n) is 7.24. The van der Waals surface area contributed by atoms with Crippen LogP contribution in [-0.2, 0) is 35.4 Å². The monoisotopic (exact) mass is 493 g/mol. The first-order chi connectivity index (χ1) is 16.6. The van der Waals surface area contributed by atoms with Gasteiger partial charge in [0.25, 0.3) is 5.56 Å². The number of ether oxygens (including phenoxy) is 1. The molecule has 34 heavy (non-hydrogen) atoms. The van der Waals surface area contributed by atoms with Crippen LogP contribution in [0.5, 0.6) is 0 Å². The Labute approximate surface area is 205 Å². The van der Waals surface area contributed by atoms with E-state index in [0.717, 1.165) is 74.0 Å². The maximum Gasteiger partial charge on any atom is 0.306 e. The van der Waals surface area contributed by atoms with E-state index in [1.165, 1.54) is 15.6 Å². The zero-order chi connectivity index (χ0) is 23.1. The highest BCUT2D eigenvalue weighted by molar-refractivity contribution is 7.18. The number of fused-ring (bicyclic) bond motifs is 4. The summed E-state index contributed by atoms with van der Waals surface area (Å²) >= 11 is 3.32. The van der Waals surface area contributed by atoms with Gasteiger partial charge in [0.1, 0.15) is 6.61 Å². The second kappa shape index (κ2) is 8.89. The predicted octanol–water partition coefficient (Wildman–Crippen LogP) is 5.48. The standard InChI is InChI=1S/C26H27N3O3S2/c30-23-13-17(27-25-29(23)19-8-2-4-10-21(19)34-25)16-32-24(31)15-26(11-5-6-12-26)14-22-28-18-7-1-3-9-20(18)33-22/h1,3,7,9,13H,2,4-6,8,10-12,14-16H2. The molecule has 6 rings (SSSR count). The molecule has 8 heteroatoms. The van der Waals surface area contributed by atoms with Crippen molar-refractivity contribution in [3.05, 3.63) is 62.0 Å². The van der Waals surface area contributed by atoms with Gasteiger partial charge in [-0.3, -0.25) is 14.0 Å². The van der Waals surface area contributed by atoms with Gasteiger partial charge < -0.3 is 4.74 Å². The Morgan fingerprint density at radius 1 is 1.06 bits per heavy atom. The number of benzene rings is 1. The zero-order valence-corrected chi connectivity index (χ0v) is 20.7. The van der Waals surface area contributed by atoms with Crippen molar-refractivity contribution in [1.82, 2.24) is 14.4 Å². The van der Waals surface area contributed by atoms with Gasteiger partial charge in [0.15, 0.2) is 4.96 Å². The smallest absolute Gasteiger partial charge is 0.306 e. The van der Waals surface area contributed by atoms with Gasteiger partial charge in [0, 0.05) is 23.1 Å². The Hall–Kier alpha value is -2.58. The van der Waals surface area contributed by atoms with Crippen LogP contribution in [0.25, 0.3) is 15.2 Å². The number of carbonyl (C=O) groups is 1. The summed E-state index contributed by atoms with van der Waals surface area (Å²) in [6, 6.07) is 9.71. The van der Waals surface area contributed by atoms with Gasteiger partial charge in [-0.2, -0.15) is 0 Å². The minimum absolute atomic E-state index is 0.0460. The lowest BCUT2D eigenvalue weighted by molar-refractivity contribution is -0.147. The van der Waals surface area contributed by atoms with Crippen LogP contribution in [0.15, 0.2) is 35.1 Å². The van der Waals surface area contributed by atoms with Gasteiger partial charge in [-0.1, -0.05) is 25.0 Å². The van der Waals surface area contributed by atoms with Gasteiger partial charge in [0.2, 0.25) is 0 Å². The molecule has 0 saturated heterocycles. The Kier molecular flexibility index (Phi) is 5.73. The summed E-state index contributed by atoms with van der Waals surface area (Å²) in [6.07, 6.45) is 9.74. The molecule has 3 heterocycles. The first-order valence-corrected chi connectivity index (χ1v) is 13.8. The minimum Gasteiger partial charge on any atom is -0.459 e. The Bertz CT molecular complexity index is 1400. The molecule has 4 aromatic rings. The van der Waals surface area contributed by atoms with Crippen molar-refractivity contribution in [2.75, 3.05) is 0 Å². The summed E-state index contributed by atoms with van der Waals surface area (Å²) in [4.78, 5) is 37.1. The number of aryl methyl sites for hydroxylation is 2. The SMILES string of the molecule is O=C(CC1(Cc2nc3ccccc3s2)CCCC1)OCc1cc(=O)n2c3c(sc2n1)CCCC3. The Morgan fingerprint density at radius 2 is 1.88 bits per heavy atom. The van der Waals surface area contributed by atoms with Gasteiger partial charge in [-0.25, -0.2) is 9.97 Å². The van der Waals surface area contributed by atoms with Gasteiger partial charge >= 0.3 is 5.97 Å². The highest BCUT2D eigenvalue weighted by Crippen LogP contribution is 2.45. The number of esters is 1. The number of para-hydroxylation sites is 1. The number of nitrogens with zero attached hydrogens (tertiary/aromatic N) is 3. The van der Waals surface area contributed by atoms with Crippen molar-refractivity contribution in [3.63, 3.8) is 0 Å². The van der Waals surface area contributed by atoms with Gasteiger partial charge in [-0.05, 0) is 56.1 Å². The normalized spacial score (nSPS) is 17.3.